The lowest BCUT2D eigenvalue weighted by Gasteiger charge is -2.21. The first-order valence-corrected chi connectivity index (χ1v) is 17.9. The number of nitrogens with zero attached hydrogens (tertiary/aromatic N) is 4. The number of pyridine rings is 2. The summed E-state index contributed by atoms with van der Waals surface area (Å²) in [6, 6.07) is 6.88. The van der Waals surface area contributed by atoms with Crippen molar-refractivity contribution in [3.8, 4) is 17.1 Å². The number of carbonyl (C=O) groups is 1. The van der Waals surface area contributed by atoms with E-state index in [1.165, 1.54) is 7.11 Å². The highest BCUT2D eigenvalue weighted by atomic mass is 28.3. The Bertz CT molecular complexity index is 1220. The summed E-state index contributed by atoms with van der Waals surface area (Å²) in [5.41, 5.74) is 8.75. The lowest BCUT2D eigenvalue weighted by molar-refractivity contribution is -0.152. The average molecular weight is 584 g/mol. The minimum absolute atomic E-state index is 0.0988. The van der Waals surface area contributed by atoms with Crippen molar-refractivity contribution in [2.24, 2.45) is 21.1 Å². The second-order valence-electron chi connectivity index (χ2n) is 12.2. The molecule has 11 heteroatoms. The van der Waals surface area contributed by atoms with E-state index in [0.717, 1.165) is 48.5 Å². The molecule has 0 unspecified atom stereocenters. The maximum Gasteiger partial charge on any atom is 0.316 e. The highest BCUT2D eigenvalue weighted by Gasteiger charge is 2.30. The number of hydrogen-bond acceptors (Lipinski definition) is 8. The number of aryl methyl sites for hydroxylation is 1. The largest absolute Gasteiger partial charge is 0.476 e. The SMILES string of the molecule is COC(=O)C(C)(C)COc1cc(C)c(-c2ccc(C(N)=NC(=NCOCC[Si](C)(C)C)OC3CCCC3)cn2)cn1. The van der Waals surface area contributed by atoms with E-state index in [2.05, 4.69) is 39.6 Å². The van der Waals surface area contributed by atoms with Crippen molar-refractivity contribution in [1.82, 2.24) is 9.97 Å². The molecule has 0 aliphatic heterocycles. The molecule has 41 heavy (non-hydrogen) atoms. The lowest BCUT2D eigenvalue weighted by Crippen LogP contribution is -2.32. The number of rotatable bonds is 12. The number of esters is 1. The molecular formula is C30H45N5O5Si. The number of methoxy groups -OCH3 is 1. The zero-order valence-corrected chi connectivity index (χ0v) is 26.5. The number of aliphatic imine (C=N–C) groups is 2. The molecule has 1 fully saturated rings. The van der Waals surface area contributed by atoms with Crippen LogP contribution in [0, 0.1) is 12.3 Å². The minimum atomic E-state index is -1.17. The Hall–Kier alpha value is -3.31. The van der Waals surface area contributed by atoms with Gasteiger partial charge in [0.15, 0.2) is 0 Å². The average Bonchev–Trinajstić information content (AvgIpc) is 3.44. The molecular weight excluding hydrogens is 538 g/mol. The van der Waals surface area contributed by atoms with E-state index < -0.39 is 13.5 Å². The number of ether oxygens (including phenoxy) is 4. The summed E-state index contributed by atoms with van der Waals surface area (Å²) in [5.74, 6) is 0.358. The molecule has 0 aromatic carbocycles. The summed E-state index contributed by atoms with van der Waals surface area (Å²) in [7, 11) is 0.192. The summed E-state index contributed by atoms with van der Waals surface area (Å²) in [6.45, 7) is 13.4. The van der Waals surface area contributed by atoms with Gasteiger partial charge < -0.3 is 24.7 Å². The van der Waals surface area contributed by atoms with Crippen LogP contribution in [0.1, 0.15) is 50.7 Å². The topological polar surface area (TPSA) is 131 Å². The van der Waals surface area contributed by atoms with Crippen molar-refractivity contribution in [2.45, 2.75) is 78.2 Å². The van der Waals surface area contributed by atoms with Crippen LogP contribution >= 0.6 is 0 Å². The van der Waals surface area contributed by atoms with Crippen LogP contribution in [0.2, 0.25) is 25.7 Å². The predicted octanol–water partition coefficient (Wildman–Crippen LogP) is 5.36. The molecule has 0 atom stereocenters. The van der Waals surface area contributed by atoms with E-state index in [0.29, 0.717) is 18.1 Å². The van der Waals surface area contributed by atoms with Gasteiger partial charge in [-0.15, -0.1) is 0 Å². The van der Waals surface area contributed by atoms with Gasteiger partial charge in [0.1, 0.15) is 25.3 Å². The first-order valence-electron chi connectivity index (χ1n) is 14.2. The molecule has 2 aromatic rings. The summed E-state index contributed by atoms with van der Waals surface area (Å²) < 4.78 is 22.4. The molecule has 0 saturated heterocycles. The summed E-state index contributed by atoms with van der Waals surface area (Å²) in [4.78, 5) is 29.9. The highest BCUT2D eigenvalue weighted by molar-refractivity contribution is 6.76. The van der Waals surface area contributed by atoms with E-state index >= 15 is 0 Å². The van der Waals surface area contributed by atoms with E-state index in [1.807, 2.05) is 25.1 Å². The van der Waals surface area contributed by atoms with Crippen LogP contribution in [0.25, 0.3) is 11.3 Å². The van der Waals surface area contributed by atoms with Crippen molar-refractivity contribution < 1.29 is 23.7 Å². The van der Waals surface area contributed by atoms with Crippen LogP contribution in [0.15, 0.2) is 40.6 Å². The van der Waals surface area contributed by atoms with E-state index in [9.17, 15) is 4.79 Å². The standard InChI is InChI=1S/C30H45N5O5Si/c1-21-16-26(39-19-30(2,3)28(36)37-4)33-18-24(21)25-13-12-22(17-32-25)27(31)35-29(40-23-10-8-9-11-23)34-20-38-14-15-41(5,6)7/h12-13,16-18,23H,8-11,14-15,19-20H2,1-7H3,(H2,31,34,35). The molecule has 2 aromatic heterocycles. The molecule has 1 aliphatic rings. The Balaban J connectivity index is 1.68. The number of nitrogens with two attached hydrogens (primary N) is 1. The van der Waals surface area contributed by atoms with Gasteiger partial charge in [-0.3, -0.25) is 9.78 Å². The molecule has 0 radical (unpaired) electrons. The second kappa shape index (κ2) is 14.5. The first-order chi connectivity index (χ1) is 19.4. The van der Waals surface area contributed by atoms with Gasteiger partial charge in [0.2, 0.25) is 5.88 Å². The maximum absolute atomic E-state index is 11.9. The van der Waals surface area contributed by atoms with Crippen LogP contribution < -0.4 is 10.5 Å². The molecule has 0 spiro atoms. The third-order valence-electron chi connectivity index (χ3n) is 6.82. The summed E-state index contributed by atoms with van der Waals surface area (Å²) in [6.07, 6.45) is 7.74. The van der Waals surface area contributed by atoms with Crippen LogP contribution in [-0.2, 0) is 19.0 Å². The number of aromatic nitrogens is 2. The Morgan fingerprint density at radius 2 is 1.88 bits per heavy atom. The van der Waals surface area contributed by atoms with Gasteiger partial charge in [-0.25, -0.2) is 9.98 Å². The zero-order valence-electron chi connectivity index (χ0n) is 25.5. The molecule has 1 saturated carbocycles. The Labute approximate surface area is 244 Å². The normalized spacial score (nSPS) is 15.2. The second-order valence-corrected chi connectivity index (χ2v) is 17.9. The van der Waals surface area contributed by atoms with Crippen molar-refractivity contribution in [3.05, 3.63) is 41.7 Å². The zero-order chi connectivity index (χ0) is 30.0. The maximum atomic E-state index is 11.9. The highest BCUT2D eigenvalue weighted by Crippen LogP contribution is 2.26. The van der Waals surface area contributed by atoms with E-state index in [-0.39, 0.29) is 37.3 Å². The van der Waals surface area contributed by atoms with Crippen LogP contribution in [0.5, 0.6) is 5.88 Å². The van der Waals surface area contributed by atoms with E-state index in [4.69, 9.17) is 24.7 Å². The van der Waals surface area contributed by atoms with Crippen LogP contribution in [0.3, 0.4) is 0 Å². The number of carbonyl (C=O) groups excluding carboxylic acids is 1. The summed E-state index contributed by atoms with van der Waals surface area (Å²) in [5, 5.41) is 0. The smallest absolute Gasteiger partial charge is 0.316 e. The number of hydrogen-bond donors (Lipinski definition) is 1. The molecule has 3 rings (SSSR count). The van der Waals surface area contributed by atoms with E-state index in [1.54, 1.807) is 26.2 Å². The molecule has 1 aliphatic carbocycles. The summed E-state index contributed by atoms with van der Waals surface area (Å²) >= 11 is 0. The van der Waals surface area contributed by atoms with Crippen molar-refractivity contribution in [1.29, 1.82) is 0 Å². The van der Waals surface area contributed by atoms with Gasteiger partial charge in [-0.1, -0.05) is 19.6 Å². The predicted molar refractivity (Wildman–Crippen MR) is 164 cm³/mol. The van der Waals surface area contributed by atoms with Gasteiger partial charge in [0.25, 0.3) is 0 Å². The monoisotopic (exact) mass is 583 g/mol. The molecule has 0 bridgehead atoms. The van der Waals surface area contributed by atoms with Crippen molar-refractivity contribution in [2.75, 3.05) is 27.1 Å². The molecule has 2 heterocycles. The fourth-order valence-corrected chi connectivity index (χ4v) is 4.89. The third kappa shape index (κ3) is 10.2. The van der Waals surface area contributed by atoms with Gasteiger partial charge in [0, 0.05) is 44.3 Å². The number of amidine groups is 2. The minimum Gasteiger partial charge on any atom is -0.476 e. The fraction of sp³-hybridized carbons (Fsp3) is 0.567. The van der Waals surface area contributed by atoms with Crippen molar-refractivity contribution >= 4 is 25.9 Å². The van der Waals surface area contributed by atoms with Gasteiger partial charge >= 0.3 is 12.0 Å². The molecule has 10 nitrogen and oxygen atoms in total. The van der Waals surface area contributed by atoms with Gasteiger partial charge in [-0.2, -0.15) is 4.99 Å². The van der Waals surface area contributed by atoms with Gasteiger partial charge in [0.05, 0.1) is 18.2 Å². The molecule has 2 N–H and O–H groups in total. The van der Waals surface area contributed by atoms with Gasteiger partial charge in [-0.05, 0) is 70.2 Å². The molecule has 224 valence electrons. The van der Waals surface area contributed by atoms with Crippen LogP contribution in [-0.4, -0.2) is 69.0 Å². The Morgan fingerprint density at radius 3 is 2.49 bits per heavy atom. The first kappa shape index (κ1) is 32.2. The lowest BCUT2D eigenvalue weighted by atomic mass is 9.95. The van der Waals surface area contributed by atoms with Crippen LogP contribution in [0.4, 0.5) is 0 Å². The third-order valence-corrected chi connectivity index (χ3v) is 8.52. The Morgan fingerprint density at radius 1 is 1.15 bits per heavy atom. The quantitative estimate of drug-likeness (QED) is 0.116. The van der Waals surface area contributed by atoms with Crippen molar-refractivity contribution in [3.63, 3.8) is 0 Å². The Kier molecular flexibility index (Phi) is 11.4. The molecule has 0 amide bonds. The fourth-order valence-electron chi connectivity index (χ4n) is 4.14.